The number of benzene rings is 1. The van der Waals surface area contributed by atoms with Gasteiger partial charge in [0.15, 0.2) is 5.82 Å². The van der Waals surface area contributed by atoms with E-state index < -0.39 is 0 Å². The number of hydrogen-bond donors (Lipinski definition) is 2. The molecule has 0 bridgehead atoms. The van der Waals surface area contributed by atoms with Crippen LogP contribution in [0.2, 0.25) is 0 Å². The lowest BCUT2D eigenvalue weighted by Crippen LogP contribution is -2.39. The second-order valence-electron chi connectivity index (χ2n) is 5.66. The van der Waals surface area contributed by atoms with Crippen molar-refractivity contribution in [2.24, 2.45) is 0 Å². The number of rotatable bonds is 6. The quantitative estimate of drug-likeness (QED) is 0.852. The first-order valence-electron chi connectivity index (χ1n) is 8.01. The molecular weight excluding hydrogens is 306 g/mol. The molecule has 24 heavy (non-hydrogen) atoms. The molecule has 126 valence electrons. The van der Waals surface area contributed by atoms with Crippen molar-refractivity contribution in [2.75, 3.05) is 36.9 Å². The Labute approximate surface area is 141 Å². The third-order valence-corrected chi connectivity index (χ3v) is 3.77. The molecule has 1 aromatic carbocycles. The SMILES string of the molecule is Cc1cnc(NC(=O)Nc2ccccc2OCCN2CCC2)cn1. The molecule has 1 aromatic heterocycles. The zero-order chi connectivity index (χ0) is 16.8. The van der Waals surface area contributed by atoms with Crippen LogP contribution in [0.3, 0.4) is 0 Å². The molecular formula is C17H21N5O2. The second-order valence-corrected chi connectivity index (χ2v) is 5.66. The number of nitrogens with zero attached hydrogens (tertiary/aromatic N) is 3. The Morgan fingerprint density at radius 1 is 1.21 bits per heavy atom. The summed E-state index contributed by atoms with van der Waals surface area (Å²) < 4.78 is 5.80. The summed E-state index contributed by atoms with van der Waals surface area (Å²) in [5, 5.41) is 5.43. The van der Waals surface area contributed by atoms with E-state index in [0.29, 0.717) is 23.9 Å². The fourth-order valence-corrected chi connectivity index (χ4v) is 2.31. The second kappa shape index (κ2) is 7.74. The molecule has 1 saturated heterocycles. The van der Waals surface area contributed by atoms with E-state index in [9.17, 15) is 4.79 Å². The number of anilines is 2. The minimum atomic E-state index is -0.382. The van der Waals surface area contributed by atoms with Gasteiger partial charge in [0.05, 0.1) is 23.8 Å². The van der Waals surface area contributed by atoms with Crippen LogP contribution in [0.1, 0.15) is 12.1 Å². The highest BCUT2D eigenvalue weighted by molar-refractivity contribution is 6.00. The number of aryl methyl sites for hydroxylation is 1. The van der Waals surface area contributed by atoms with Crippen LogP contribution in [0.5, 0.6) is 5.75 Å². The van der Waals surface area contributed by atoms with Crippen LogP contribution in [0.4, 0.5) is 16.3 Å². The van der Waals surface area contributed by atoms with Crippen LogP contribution in [0, 0.1) is 6.92 Å². The lowest BCUT2D eigenvalue weighted by molar-refractivity contribution is 0.147. The van der Waals surface area contributed by atoms with Crippen LogP contribution in [-0.4, -0.2) is 47.1 Å². The molecule has 0 unspecified atom stereocenters. The fourth-order valence-electron chi connectivity index (χ4n) is 2.31. The number of aromatic nitrogens is 2. The van der Waals surface area contributed by atoms with E-state index in [-0.39, 0.29) is 6.03 Å². The van der Waals surface area contributed by atoms with Crippen molar-refractivity contribution in [3.05, 3.63) is 42.4 Å². The number of nitrogens with one attached hydrogen (secondary N) is 2. The summed E-state index contributed by atoms with van der Waals surface area (Å²) in [7, 11) is 0. The first kappa shape index (κ1) is 16.2. The van der Waals surface area contributed by atoms with Crippen molar-refractivity contribution in [3.63, 3.8) is 0 Å². The maximum absolute atomic E-state index is 12.1. The van der Waals surface area contributed by atoms with E-state index in [1.54, 1.807) is 12.3 Å². The lowest BCUT2D eigenvalue weighted by atomic mass is 10.2. The third-order valence-electron chi connectivity index (χ3n) is 3.77. The standard InChI is InChI=1S/C17H21N5O2/c1-13-11-19-16(12-18-13)21-17(23)20-14-5-2-3-6-15(14)24-10-9-22-7-4-8-22/h2-3,5-6,11-12H,4,7-10H2,1H3,(H2,19,20,21,23). The van der Waals surface area contributed by atoms with Gasteiger partial charge >= 0.3 is 6.03 Å². The lowest BCUT2D eigenvalue weighted by Gasteiger charge is -2.30. The fraction of sp³-hybridized carbons (Fsp3) is 0.353. The van der Waals surface area contributed by atoms with Crippen LogP contribution in [-0.2, 0) is 0 Å². The molecule has 1 aliphatic heterocycles. The minimum Gasteiger partial charge on any atom is -0.490 e. The number of urea groups is 1. The van der Waals surface area contributed by atoms with Crippen molar-refractivity contribution in [3.8, 4) is 5.75 Å². The van der Waals surface area contributed by atoms with E-state index in [4.69, 9.17) is 4.74 Å². The molecule has 7 nitrogen and oxygen atoms in total. The average molecular weight is 327 g/mol. The van der Waals surface area contributed by atoms with Gasteiger partial charge in [-0.1, -0.05) is 12.1 Å². The summed E-state index contributed by atoms with van der Waals surface area (Å²) in [6, 6.07) is 7.00. The Bertz CT molecular complexity index is 686. The molecule has 2 aromatic rings. The zero-order valence-electron chi connectivity index (χ0n) is 13.7. The van der Waals surface area contributed by atoms with Crippen LogP contribution < -0.4 is 15.4 Å². The molecule has 0 saturated carbocycles. The van der Waals surface area contributed by atoms with Crippen LogP contribution in [0.25, 0.3) is 0 Å². The van der Waals surface area contributed by atoms with Gasteiger partial charge in [-0.25, -0.2) is 9.78 Å². The van der Waals surface area contributed by atoms with Gasteiger partial charge in [-0.15, -0.1) is 0 Å². The summed E-state index contributed by atoms with van der Waals surface area (Å²) in [6.07, 6.45) is 4.38. The van der Waals surface area contributed by atoms with Gasteiger partial charge in [-0.3, -0.25) is 15.2 Å². The molecule has 2 N–H and O–H groups in total. The smallest absolute Gasteiger partial charge is 0.324 e. The highest BCUT2D eigenvalue weighted by Gasteiger charge is 2.13. The van der Waals surface area contributed by atoms with Crippen LogP contribution >= 0.6 is 0 Å². The van der Waals surface area contributed by atoms with E-state index in [0.717, 1.165) is 25.3 Å². The third kappa shape index (κ3) is 4.42. The number of ether oxygens (including phenoxy) is 1. The molecule has 1 fully saturated rings. The normalized spacial score (nSPS) is 13.9. The Morgan fingerprint density at radius 3 is 2.75 bits per heavy atom. The zero-order valence-corrected chi connectivity index (χ0v) is 13.7. The number of carbonyl (C=O) groups is 1. The molecule has 7 heteroatoms. The van der Waals surface area contributed by atoms with Gasteiger partial charge in [-0.2, -0.15) is 0 Å². The molecule has 0 spiro atoms. The van der Waals surface area contributed by atoms with E-state index in [1.807, 2.05) is 25.1 Å². The van der Waals surface area contributed by atoms with Crippen molar-refractivity contribution in [1.82, 2.24) is 14.9 Å². The van der Waals surface area contributed by atoms with Crippen molar-refractivity contribution >= 4 is 17.5 Å². The first-order chi connectivity index (χ1) is 11.7. The van der Waals surface area contributed by atoms with Gasteiger partial charge < -0.3 is 10.1 Å². The highest BCUT2D eigenvalue weighted by atomic mass is 16.5. The van der Waals surface area contributed by atoms with Crippen molar-refractivity contribution < 1.29 is 9.53 Å². The van der Waals surface area contributed by atoms with E-state index in [2.05, 4.69) is 25.5 Å². The summed E-state index contributed by atoms with van der Waals surface area (Å²) in [4.78, 5) is 22.6. The maximum atomic E-state index is 12.1. The van der Waals surface area contributed by atoms with Gasteiger partial charge in [-0.05, 0) is 38.6 Å². The van der Waals surface area contributed by atoms with Crippen LogP contribution in [0.15, 0.2) is 36.7 Å². The largest absolute Gasteiger partial charge is 0.490 e. The number of amides is 2. The Balaban J connectivity index is 1.55. The van der Waals surface area contributed by atoms with Crippen molar-refractivity contribution in [1.29, 1.82) is 0 Å². The number of carbonyl (C=O) groups excluding carboxylic acids is 1. The maximum Gasteiger partial charge on any atom is 0.324 e. The molecule has 3 rings (SSSR count). The van der Waals surface area contributed by atoms with Gasteiger partial charge in [0.1, 0.15) is 12.4 Å². The minimum absolute atomic E-state index is 0.382. The van der Waals surface area contributed by atoms with Gasteiger partial charge in [0, 0.05) is 6.54 Å². The Kier molecular flexibility index (Phi) is 5.22. The summed E-state index contributed by atoms with van der Waals surface area (Å²) >= 11 is 0. The predicted molar refractivity (Wildman–Crippen MR) is 92.4 cm³/mol. The number of likely N-dealkylation sites (tertiary alicyclic amines) is 1. The number of hydrogen-bond acceptors (Lipinski definition) is 5. The molecule has 2 amide bonds. The summed E-state index contributed by atoms with van der Waals surface area (Å²) in [6.45, 7) is 5.63. The average Bonchev–Trinajstić information content (AvgIpc) is 2.53. The molecule has 0 radical (unpaired) electrons. The highest BCUT2D eigenvalue weighted by Crippen LogP contribution is 2.24. The topological polar surface area (TPSA) is 79.4 Å². The first-order valence-corrected chi connectivity index (χ1v) is 8.01. The molecule has 1 aliphatic rings. The van der Waals surface area contributed by atoms with Gasteiger partial charge in [0.2, 0.25) is 0 Å². The predicted octanol–water partition coefficient (Wildman–Crippen LogP) is 2.51. The summed E-state index contributed by atoms with van der Waals surface area (Å²) in [5.41, 5.74) is 1.42. The molecule has 0 aliphatic carbocycles. The molecule has 0 atom stereocenters. The summed E-state index contributed by atoms with van der Waals surface area (Å²) in [5.74, 6) is 1.05. The Hall–Kier alpha value is -2.67. The molecule has 2 heterocycles. The Morgan fingerprint density at radius 2 is 2.04 bits per heavy atom. The van der Waals surface area contributed by atoms with Gasteiger partial charge in [0.25, 0.3) is 0 Å². The number of para-hydroxylation sites is 2. The van der Waals surface area contributed by atoms with Crippen molar-refractivity contribution in [2.45, 2.75) is 13.3 Å². The van der Waals surface area contributed by atoms with E-state index in [1.165, 1.54) is 12.6 Å². The monoisotopic (exact) mass is 327 g/mol. The van der Waals surface area contributed by atoms with E-state index >= 15 is 0 Å².